The normalized spacial score (nSPS) is 11.4. The van der Waals surface area contributed by atoms with E-state index >= 15 is 0 Å². The highest BCUT2D eigenvalue weighted by atomic mass is 14.5. The molecule has 0 aliphatic rings. The van der Waals surface area contributed by atoms with E-state index in [4.69, 9.17) is 5.73 Å². The van der Waals surface area contributed by atoms with Crippen molar-refractivity contribution in [1.29, 1.82) is 0 Å². The summed E-state index contributed by atoms with van der Waals surface area (Å²) >= 11 is 0. The number of anilines is 1. The van der Waals surface area contributed by atoms with Crippen molar-refractivity contribution in [2.45, 2.75) is 103 Å². The van der Waals surface area contributed by atoms with Gasteiger partial charge in [-0.3, -0.25) is 0 Å². The van der Waals surface area contributed by atoms with Crippen molar-refractivity contribution in [3.05, 3.63) is 35.9 Å². The Morgan fingerprint density at radius 1 is 0.680 bits per heavy atom. The van der Waals surface area contributed by atoms with Crippen LogP contribution in [-0.2, 0) is 0 Å². The van der Waals surface area contributed by atoms with Gasteiger partial charge in [-0.05, 0) is 24.5 Å². The molecule has 1 aromatic rings. The van der Waals surface area contributed by atoms with Crippen molar-refractivity contribution in [2.75, 3.05) is 5.73 Å². The molecule has 0 bridgehead atoms. The molecule has 0 aliphatic heterocycles. The summed E-state index contributed by atoms with van der Waals surface area (Å²) in [5, 5.41) is 0. The maximum absolute atomic E-state index is 5.94. The second kappa shape index (κ2) is 16.2. The third kappa shape index (κ3) is 12.7. The monoisotopic (exact) mass is 343 g/mol. The van der Waals surface area contributed by atoms with Gasteiger partial charge in [0.15, 0.2) is 0 Å². The second-order valence-electron chi connectivity index (χ2n) is 7.42. The zero-order valence-electron chi connectivity index (χ0n) is 16.6. The highest BCUT2D eigenvalue weighted by molar-refractivity contribution is 5.63. The first-order valence-corrected chi connectivity index (χ1v) is 10.9. The third-order valence-electron chi connectivity index (χ3n) is 5.02. The van der Waals surface area contributed by atoms with Crippen LogP contribution in [0.1, 0.15) is 109 Å². The highest BCUT2D eigenvalue weighted by Crippen LogP contribution is 2.15. The Balaban J connectivity index is 1.81. The number of nitrogen functional groups attached to an aromatic ring is 1. The number of hydrogen-bond acceptors (Lipinski definition) is 1. The van der Waals surface area contributed by atoms with E-state index in [1.807, 2.05) is 18.2 Å². The lowest BCUT2D eigenvalue weighted by Crippen LogP contribution is -1.87. The summed E-state index contributed by atoms with van der Waals surface area (Å²) in [7, 11) is 0. The van der Waals surface area contributed by atoms with Gasteiger partial charge in [0.05, 0.1) is 0 Å². The molecule has 1 heteroatoms. The van der Waals surface area contributed by atoms with Gasteiger partial charge in [-0.1, -0.05) is 121 Å². The average molecular weight is 344 g/mol. The second-order valence-corrected chi connectivity index (χ2v) is 7.42. The number of para-hydroxylation sites is 1. The van der Waals surface area contributed by atoms with Crippen molar-refractivity contribution in [3.63, 3.8) is 0 Å². The van der Waals surface area contributed by atoms with Gasteiger partial charge in [0.1, 0.15) is 0 Å². The maximum atomic E-state index is 5.94. The summed E-state index contributed by atoms with van der Waals surface area (Å²) < 4.78 is 0. The van der Waals surface area contributed by atoms with Crippen molar-refractivity contribution in [3.8, 4) is 0 Å². The lowest BCUT2D eigenvalue weighted by Gasteiger charge is -2.03. The minimum absolute atomic E-state index is 0.875. The Morgan fingerprint density at radius 3 is 1.68 bits per heavy atom. The molecule has 2 N–H and O–H groups in total. The van der Waals surface area contributed by atoms with Crippen LogP contribution in [0, 0.1) is 0 Å². The average Bonchev–Trinajstić information content (AvgIpc) is 2.63. The van der Waals surface area contributed by atoms with Crippen LogP contribution in [0.25, 0.3) is 6.08 Å². The predicted octanol–water partition coefficient (Wildman–Crippen LogP) is 8.15. The number of benzene rings is 1. The number of allylic oxidation sites excluding steroid dienone is 1. The zero-order chi connectivity index (χ0) is 18.0. The van der Waals surface area contributed by atoms with Crippen LogP contribution in [0.5, 0.6) is 0 Å². The molecule has 0 amide bonds. The van der Waals surface area contributed by atoms with Gasteiger partial charge in [0.25, 0.3) is 0 Å². The van der Waals surface area contributed by atoms with Crippen molar-refractivity contribution in [2.24, 2.45) is 0 Å². The standard InChI is InChI=1S/C24H41N/c1-2-3-4-5-6-7-8-9-10-11-12-13-14-15-16-17-20-23-21-18-19-22-24(23)25/h17-22H,2-16,25H2,1H3/b20-17+. The summed E-state index contributed by atoms with van der Waals surface area (Å²) in [6, 6.07) is 8.08. The van der Waals surface area contributed by atoms with Crippen molar-refractivity contribution in [1.82, 2.24) is 0 Å². The fraction of sp³-hybridized carbons (Fsp3) is 0.667. The largest absolute Gasteiger partial charge is 0.398 e. The van der Waals surface area contributed by atoms with E-state index in [1.54, 1.807) is 0 Å². The molecule has 0 atom stereocenters. The summed E-state index contributed by atoms with van der Waals surface area (Å²) in [4.78, 5) is 0. The summed E-state index contributed by atoms with van der Waals surface area (Å²) in [5.41, 5.74) is 7.96. The van der Waals surface area contributed by atoms with Crippen LogP contribution in [0.3, 0.4) is 0 Å². The molecule has 0 unspecified atom stereocenters. The van der Waals surface area contributed by atoms with Crippen LogP contribution in [0.15, 0.2) is 30.3 Å². The Morgan fingerprint density at radius 2 is 1.16 bits per heavy atom. The minimum atomic E-state index is 0.875. The first-order valence-electron chi connectivity index (χ1n) is 10.9. The number of hydrogen-bond donors (Lipinski definition) is 1. The molecule has 0 heterocycles. The minimum Gasteiger partial charge on any atom is -0.398 e. The Kier molecular flexibility index (Phi) is 14.2. The van der Waals surface area contributed by atoms with Gasteiger partial charge in [-0.15, -0.1) is 0 Å². The van der Waals surface area contributed by atoms with E-state index in [1.165, 1.54) is 96.3 Å². The molecule has 25 heavy (non-hydrogen) atoms. The first-order chi connectivity index (χ1) is 12.3. The SMILES string of the molecule is CCCCCCCCCCCCCCCC/C=C/c1ccccc1N. The van der Waals surface area contributed by atoms with Crippen molar-refractivity contribution < 1.29 is 0 Å². The van der Waals surface area contributed by atoms with Crippen LogP contribution in [0.4, 0.5) is 5.69 Å². The Labute approximate surface area is 157 Å². The summed E-state index contributed by atoms with van der Waals surface area (Å²) in [6.07, 6.45) is 25.5. The zero-order valence-corrected chi connectivity index (χ0v) is 16.6. The molecule has 142 valence electrons. The molecule has 0 spiro atoms. The van der Waals surface area contributed by atoms with Crippen molar-refractivity contribution >= 4 is 11.8 Å². The molecule has 0 aliphatic carbocycles. The van der Waals surface area contributed by atoms with Gasteiger partial charge < -0.3 is 5.73 Å². The fourth-order valence-corrected chi connectivity index (χ4v) is 3.33. The van der Waals surface area contributed by atoms with Crippen LogP contribution in [-0.4, -0.2) is 0 Å². The molecule has 0 fully saturated rings. The quantitative estimate of drug-likeness (QED) is 0.238. The molecule has 1 nitrogen and oxygen atoms in total. The smallest absolute Gasteiger partial charge is 0.0387 e. The number of nitrogens with two attached hydrogens (primary N) is 1. The van der Waals surface area contributed by atoms with Gasteiger partial charge >= 0.3 is 0 Å². The Hall–Kier alpha value is -1.24. The highest BCUT2D eigenvalue weighted by Gasteiger charge is 1.94. The van der Waals surface area contributed by atoms with E-state index < -0.39 is 0 Å². The van der Waals surface area contributed by atoms with E-state index in [-0.39, 0.29) is 0 Å². The van der Waals surface area contributed by atoms with E-state index in [0.29, 0.717) is 0 Å². The van der Waals surface area contributed by atoms with Gasteiger partial charge in [0, 0.05) is 5.69 Å². The number of rotatable bonds is 16. The lowest BCUT2D eigenvalue weighted by atomic mass is 10.0. The molecule has 0 saturated heterocycles. The van der Waals surface area contributed by atoms with Crippen LogP contribution in [0.2, 0.25) is 0 Å². The molecule has 1 aromatic carbocycles. The Bertz CT molecular complexity index is 435. The molecular weight excluding hydrogens is 302 g/mol. The van der Waals surface area contributed by atoms with Gasteiger partial charge in [-0.25, -0.2) is 0 Å². The predicted molar refractivity (Wildman–Crippen MR) is 115 cm³/mol. The van der Waals surface area contributed by atoms with E-state index in [9.17, 15) is 0 Å². The van der Waals surface area contributed by atoms with Crippen LogP contribution < -0.4 is 5.73 Å². The summed E-state index contributed by atoms with van der Waals surface area (Å²) in [5.74, 6) is 0. The molecule has 1 rings (SSSR count). The number of unbranched alkanes of at least 4 members (excludes halogenated alkanes) is 14. The van der Waals surface area contributed by atoms with E-state index in [0.717, 1.165) is 11.3 Å². The van der Waals surface area contributed by atoms with Crippen LogP contribution >= 0.6 is 0 Å². The lowest BCUT2D eigenvalue weighted by molar-refractivity contribution is 0.536. The molecular formula is C24H41N. The van der Waals surface area contributed by atoms with Gasteiger partial charge in [0.2, 0.25) is 0 Å². The summed E-state index contributed by atoms with van der Waals surface area (Å²) in [6.45, 7) is 2.29. The van der Waals surface area contributed by atoms with Gasteiger partial charge in [-0.2, -0.15) is 0 Å². The molecule has 0 saturated carbocycles. The third-order valence-corrected chi connectivity index (χ3v) is 5.02. The molecule has 0 radical (unpaired) electrons. The molecule has 0 aromatic heterocycles. The topological polar surface area (TPSA) is 26.0 Å². The maximum Gasteiger partial charge on any atom is 0.0387 e. The van der Waals surface area contributed by atoms with E-state index in [2.05, 4.69) is 25.1 Å². The fourth-order valence-electron chi connectivity index (χ4n) is 3.33. The first kappa shape index (κ1) is 21.8.